The largest absolute Gasteiger partial charge is 0.351 e. The first-order valence-electron chi connectivity index (χ1n) is 7.39. The van der Waals surface area contributed by atoms with E-state index in [2.05, 4.69) is 15.0 Å². The highest BCUT2D eigenvalue weighted by molar-refractivity contribution is 8.15. The normalized spacial score (nSPS) is 14.8. The van der Waals surface area contributed by atoms with Crippen molar-refractivity contribution in [1.82, 2.24) is 5.32 Å². The summed E-state index contributed by atoms with van der Waals surface area (Å²) in [7, 11) is -3.85. The minimum absolute atomic E-state index is 0.00866. The van der Waals surface area contributed by atoms with Gasteiger partial charge < -0.3 is 10.6 Å². The van der Waals surface area contributed by atoms with Gasteiger partial charge in [0.25, 0.3) is 10.0 Å². The van der Waals surface area contributed by atoms with E-state index in [1.807, 2.05) is 18.2 Å². The highest BCUT2D eigenvalue weighted by Gasteiger charge is 2.25. The van der Waals surface area contributed by atoms with Crippen molar-refractivity contribution in [2.24, 2.45) is 4.40 Å². The zero-order chi connectivity index (χ0) is 18.7. The summed E-state index contributed by atoms with van der Waals surface area (Å²) >= 11 is 12.9. The molecule has 0 aliphatic carbocycles. The van der Waals surface area contributed by atoms with Crippen LogP contribution in [0.5, 0.6) is 0 Å². The Balaban J connectivity index is 1.60. The second-order valence-corrected chi connectivity index (χ2v) is 8.67. The van der Waals surface area contributed by atoms with Gasteiger partial charge in [-0.25, -0.2) is 0 Å². The fourth-order valence-corrected chi connectivity index (χ4v) is 4.72. The van der Waals surface area contributed by atoms with Crippen LogP contribution >= 0.6 is 35.0 Å². The van der Waals surface area contributed by atoms with E-state index in [1.54, 1.807) is 18.2 Å². The number of hydrogen-bond acceptors (Lipinski definition) is 5. The predicted molar refractivity (Wildman–Crippen MR) is 105 cm³/mol. The number of anilines is 1. The van der Waals surface area contributed by atoms with Crippen molar-refractivity contribution in [3.05, 3.63) is 58.1 Å². The Morgan fingerprint density at radius 2 is 1.96 bits per heavy atom. The van der Waals surface area contributed by atoms with Gasteiger partial charge in [-0.3, -0.25) is 4.79 Å². The molecule has 0 bridgehead atoms. The number of hydrogen-bond donors (Lipinski definition) is 2. The summed E-state index contributed by atoms with van der Waals surface area (Å²) in [5.41, 5.74) is 1.18. The maximum absolute atomic E-state index is 12.2. The number of benzene rings is 2. The highest BCUT2D eigenvalue weighted by atomic mass is 35.5. The zero-order valence-corrected chi connectivity index (χ0v) is 16.3. The summed E-state index contributed by atoms with van der Waals surface area (Å²) in [6.45, 7) is 0.290. The van der Waals surface area contributed by atoms with Gasteiger partial charge in [0.15, 0.2) is 5.17 Å². The first-order chi connectivity index (χ1) is 12.3. The van der Waals surface area contributed by atoms with Gasteiger partial charge in [0, 0.05) is 16.6 Å². The zero-order valence-electron chi connectivity index (χ0n) is 13.2. The van der Waals surface area contributed by atoms with Crippen molar-refractivity contribution in [2.45, 2.75) is 11.4 Å². The third-order valence-electron chi connectivity index (χ3n) is 3.44. The molecule has 0 aromatic heterocycles. The van der Waals surface area contributed by atoms with E-state index in [9.17, 15) is 13.2 Å². The van der Waals surface area contributed by atoms with E-state index in [-0.39, 0.29) is 21.7 Å². The molecule has 136 valence electrons. The maximum atomic E-state index is 12.2. The molecule has 1 amide bonds. The summed E-state index contributed by atoms with van der Waals surface area (Å²) < 4.78 is 28.1. The van der Waals surface area contributed by atoms with Gasteiger partial charge in [-0.15, -0.1) is 4.40 Å². The molecule has 0 fully saturated rings. The summed E-state index contributed by atoms with van der Waals surface area (Å²) in [4.78, 5) is 12.0. The molecule has 0 radical (unpaired) electrons. The van der Waals surface area contributed by atoms with Gasteiger partial charge >= 0.3 is 0 Å². The van der Waals surface area contributed by atoms with Gasteiger partial charge in [-0.1, -0.05) is 53.2 Å². The van der Waals surface area contributed by atoms with Crippen LogP contribution in [0.15, 0.2) is 51.8 Å². The van der Waals surface area contributed by atoms with Gasteiger partial charge in [0.05, 0.1) is 11.4 Å². The summed E-state index contributed by atoms with van der Waals surface area (Å²) in [6, 6.07) is 11.7. The quantitative estimate of drug-likeness (QED) is 0.775. The van der Waals surface area contributed by atoms with E-state index in [0.717, 1.165) is 17.3 Å². The lowest BCUT2D eigenvalue weighted by atomic mass is 10.2. The van der Waals surface area contributed by atoms with Gasteiger partial charge in [-0.05, 0) is 29.8 Å². The number of fused-ring (bicyclic) bond motifs is 1. The van der Waals surface area contributed by atoms with E-state index in [4.69, 9.17) is 23.2 Å². The van der Waals surface area contributed by atoms with Gasteiger partial charge in [-0.2, -0.15) is 8.42 Å². The molecule has 2 aromatic carbocycles. The Morgan fingerprint density at radius 1 is 1.19 bits per heavy atom. The number of halogens is 2. The van der Waals surface area contributed by atoms with Crippen LogP contribution in [0.2, 0.25) is 10.0 Å². The van der Waals surface area contributed by atoms with Gasteiger partial charge in [0.2, 0.25) is 5.91 Å². The van der Waals surface area contributed by atoms with Crippen molar-refractivity contribution < 1.29 is 13.2 Å². The number of carbonyl (C=O) groups is 1. The third kappa shape index (κ3) is 4.50. The fraction of sp³-hybridized carbons (Fsp3) is 0.125. The Hall–Kier alpha value is -1.74. The number of nitrogens with one attached hydrogen (secondary N) is 2. The SMILES string of the molecule is O=C(CSC1=NS(=O)(=O)c2cc(Cl)ccc2N1)NCc1ccccc1Cl. The molecule has 1 aliphatic heterocycles. The van der Waals surface area contributed by atoms with Crippen LogP contribution in [-0.2, 0) is 21.4 Å². The van der Waals surface area contributed by atoms with Crippen molar-refractivity contribution in [2.75, 3.05) is 11.1 Å². The van der Waals surface area contributed by atoms with Crippen molar-refractivity contribution in [3.8, 4) is 0 Å². The van der Waals surface area contributed by atoms with E-state index in [1.165, 1.54) is 6.07 Å². The van der Waals surface area contributed by atoms with Crippen LogP contribution in [0, 0.1) is 0 Å². The number of thioether (sulfide) groups is 1. The smallest absolute Gasteiger partial charge is 0.286 e. The lowest BCUT2D eigenvalue weighted by Gasteiger charge is -2.17. The summed E-state index contributed by atoms with van der Waals surface area (Å²) in [6.07, 6.45) is 0. The number of amidine groups is 1. The second kappa shape index (κ2) is 7.87. The standard InChI is InChI=1S/C16H13Cl2N3O3S2/c17-11-5-6-13-14(7-11)26(23,24)21-16(20-13)25-9-15(22)19-8-10-3-1-2-4-12(10)18/h1-7H,8-9H2,(H,19,22)(H,20,21). The molecule has 6 nitrogen and oxygen atoms in total. The molecule has 2 N–H and O–H groups in total. The molecule has 3 rings (SSSR count). The summed E-state index contributed by atoms with van der Waals surface area (Å²) in [5.74, 6) is -0.256. The monoisotopic (exact) mass is 429 g/mol. The van der Waals surface area contributed by atoms with Crippen molar-refractivity contribution >= 4 is 61.7 Å². The number of sulfonamides is 1. The molecular weight excluding hydrogens is 417 g/mol. The number of carbonyl (C=O) groups excluding carboxylic acids is 1. The Morgan fingerprint density at radius 3 is 2.73 bits per heavy atom. The van der Waals surface area contributed by atoms with Crippen molar-refractivity contribution in [1.29, 1.82) is 0 Å². The average Bonchev–Trinajstić information content (AvgIpc) is 2.59. The minimum atomic E-state index is -3.85. The Bertz CT molecular complexity index is 994. The lowest BCUT2D eigenvalue weighted by Crippen LogP contribution is -2.27. The van der Waals surface area contributed by atoms with Crippen molar-refractivity contribution in [3.63, 3.8) is 0 Å². The van der Waals surface area contributed by atoms with Gasteiger partial charge in [0.1, 0.15) is 4.90 Å². The fourth-order valence-electron chi connectivity index (χ4n) is 2.19. The summed E-state index contributed by atoms with van der Waals surface area (Å²) in [5, 5.41) is 6.63. The van der Waals surface area contributed by atoms with E-state index >= 15 is 0 Å². The number of amides is 1. The maximum Gasteiger partial charge on any atom is 0.286 e. The van der Waals surface area contributed by atoms with Crippen LogP contribution in [0.3, 0.4) is 0 Å². The molecule has 0 spiro atoms. The highest BCUT2D eigenvalue weighted by Crippen LogP contribution is 2.31. The molecule has 1 heterocycles. The van der Waals surface area contributed by atoms with E-state index < -0.39 is 10.0 Å². The van der Waals surface area contributed by atoms with Crippen LogP contribution in [0.4, 0.5) is 5.69 Å². The number of nitrogens with zero attached hydrogens (tertiary/aromatic N) is 1. The second-order valence-electron chi connectivity index (χ2n) is 5.29. The molecule has 26 heavy (non-hydrogen) atoms. The average molecular weight is 430 g/mol. The van der Waals surface area contributed by atoms with Crippen LogP contribution in [0.1, 0.15) is 5.56 Å². The molecule has 0 saturated heterocycles. The predicted octanol–water partition coefficient (Wildman–Crippen LogP) is 3.51. The molecule has 10 heteroatoms. The Labute approximate surface area is 165 Å². The number of rotatable bonds is 4. The van der Waals surface area contributed by atoms with Crippen LogP contribution in [0.25, 0.3) is 0 Å². The Kier molecular flexibility index (Phi) is 5.76. The lowest BCUT2D eigenvalue weighted by molar-refractivity contribution is -0.118. The van der Waals surface area contributed by atoms with Crippen LogP contribution < -0.4 is 10.6 Å². The molecule has 0 atom stereocenters. The molecule has 1 aliphatic rings. The first kappa shape index (κ1) is 19.0. The topological polar surface area (TPSA) is 87.6 Å². The minimum Gasteiger partial charge on any atom is -0.351 e. The molecule has 0 saturated carbocycles. The third-order valence-corrected chi connectivity index (χ3v) is 6.35. The molecule has 2 aromatic rings. The first-order valence-corrected chi connectivity index (χ1v) is 10.6. The van der Waals surface area contributed by atoms with Crippen LogP contribution in [-0.4, -0.2) is 25.2 Å². The van der Waals surface area contributed by atoms with E-state index in [0.29, 0.717) is 22.3 Å². The molecule has 0 unspecified atom stereocenters. The molecular formula is C16H13Cl2N3O3S2.